The van der Waals surface area contributed by atoms with E-state index in [9.17, 15) is 14.4 Å². The van der Waals surface area contributed by atoms with Crippen molar-refractivity contribution in [3.63, 3.8) is 0 Å². The maximum Gasteiger partial charge on any atom is 0.337 e. The van der Waals surface area contributed by atoms with E-state index >= 15 is 0 Å². The van der Waals surface area contributed by atoms with Gasteiger partial charge in [-0.1, -0.05) is 54.6 Å². The number of H-pyrrole nitrogens is 1. The first-order chi connectivity index (χ1) is 20.9. The molecule has 222 valence electrons. The molecule has 0 spiro atoms. The first-order valence-electron chi connectivity index (χ1n) is 14.6. The van der Waals surface area contributed by atoms with E-state index in [1.807, 2.05) is 42.5 Å². The van der Waals surface area contributed by atoms with Crippen LogP contribution >= 0.6 is 0 Å². The van der Waals surface area contributed by atoms with Crippen molar-refractivity contribution in [2.45, 2.75) is 38.1 Å². The number of imidazole rings is 1. The number of carbonyl (C=O) groups is 3. The van der Waals surface area contributed by atoms with E-state index in [1.165, 1.54) is 7.11 Å². The van der Waals surface area contributed by atoms with Gasteiger partial charge in [-0.05, 0) is 74.4 Å². The Bertz CT molecular complexity index is 1560. The van der Waals surface area contributed by atoms with Crippen LogP contribution in [0.25, 0.3) is 22.5 Å². The number of esters is 1. The Kier molecular flexibility index (Phi) is 9.32. The van der Waals surface area contributed by atoms with Gasteiger partial charge in [0.2, 0.25) is 11.8 Å². The Morgan fingerprint density at radius 2 is 1.53 bits per heavy atom. The summed E-state index contributed by atoms with van der Waals surface area (Å²) < 4.78 is 4.85. The van der Waals surface area contributed by atoms with Crippen molar-refractivity contribution in [1.29, 1.82) is 0 Å². The number of ether oxygens (including phenoxy) is 1. The minimum absolute atomic E-state index is 0.0177. The number of methoxy groups -OCH3 is 1. The number of aromatic nitrogens is 2. The van der Waals surface area contributed by atoms with Gasteiger partial charge in [0.15, 0.2) is 0 Å². The normalized spacial score (nSPS) is 17.2. The maximum atomic E-state index is 13.6. The fourth-order valence-corrected chi connectivity index (χ4v) is 5.67. The molecule has 1 atom stereocenters. The summed E-state index contributed by atoms with van der Waals surface area (Å²) in [4.78, 5) is 45.8. The molecule has 1 aromatic heterocycles. The zero-order valence-electron chi connectivity index (χ0n) is 24.2. The molecule has 4 aromatic rings. The van der Waals surface area contributed by atoms with Gasteiger partial charge in [-0.15, -0.1) is 0 Å². The summed E-state index contributed by atoms with van der Waals surface area (Å²) in [5.74, 6) is 0.0929. The predicted octanol–water partition coefficient (Wildman–Crippen LogP) is 4.79. The van der Waals surface area contributed by atoms with Crippen LogP contribution in [-0.4, -0.2) is 41.4 Å². The molecule has 0 aliphatic heterocycles. The lowest BCUT2D eigenvalue weighted by Crippen LogP contribution is -2.37. The van der Waals surface area contributed by atoms with Crippen molar-refractivity contribution in [2.75, 3.05) is 13.7 Å². The molecule has 9 nitrogen and oxygen atoms in total. The topological polar surface area (TPSA) is 153 Å². The van der Waals surface area contributed by atoms with Gasteiger partial charge < -0.3 is 26.5 Å². The number of nitrogens with one attached hydrogen (secondary N) is 2. The van der Waals surface area contributed by atoms with E-state index in [-0.39, 0.29) is 11.8 Å². The lowest BCUT2D eigenvalue weighted by Gasteiger charge is -2.28. The average molecular weight is 580 g/mol. The van der Waals surface area contributed by atoms with Gasteiger partial charge in [-0.25, -0.2) is 9.78 Å². The van der Waals surface area contributed by atoms with E-state index < -0.39 is 17.9 Å². The molecular weight excluding hydrogens is 542 g/mol. The van der Waals surface area contributed by atoms with Crippen LogP contribution in [0.1, 0.15) is 63.8 Å². The minimum atomic E-state index is -0.515. The second kappa shape index (κ2) is 13.5. The second-order valence-corrected chi connectivity index (χ2v) is 11.1. The van der Waals surface area contributed by atoms with Crippen LogP contribution in [0.15, 0.2) is 78.9 Å². The molecule has 1 heterocycles. The van der Waals surface area contributed by atoms with E-state index in [1.54, 1.807) is 36.4 Å². The SMILES string of the molecule is COC(=O)c1ccc(-c2[nH]c([C@H](Cc3ccccc3)NC(=O)C3CCC(CN)CC3)nc2-c2ccc(C(N)=O)cc2)cc1. The summed E-state index contributed by atoms with van der Waals surface area (Å²) in [5.41, 5.74) is 16.2. The molecule has 5 rings (SSSR count). The predicted molar refractivity (Wildman–Crippen MR) is 165 cm³/mol. The summed E-state index contributed by atoms with van der Waals surface area (Å²) in [6, 6.07) is 23.5. The van der Waals surface area contributed by atoms with Crippen LogP contribution in [0.5, 0.6) is 0 Å². The van der Waals surface area contributed by atoms with Gasteiger partial charge in [0, 0.05) is 22.6 Å². The van der Waals surface area contributed by atoms with Gasteiger partial charge in [0.25, 0.3) is 0 Å². The number of hydrogen-bond acceptors (Lipinski definition) is 6. The van der Waals surface area contributed by atoms with Crippen molar-refractivity contribution in [2.24, 2.45) is 23.3 Å². The molecule has 3 aromatic carbocycles. The van der Waals surface area contributed by atoms with Crippen LogP contribution < -0.4 is 16.8 Å². The first kappa shape index (κ1) is 29.7. The van der Waals surface area contributed by atoms with E-state index in [0.717, 1.165) is 42.4 Å². The summed E-state index contributed by atoms with van der Waals surface area (Å²) in [7, 11) is 1.34. The largest absolute Gasteiger partial charge is 0.465 e. The zero-order chi connectivity index (χ0) is 30.3. The molecule has 2 amide bonds. The Morgan fingerprint density at radius 1 is 0.907 bits per heavy atom. The number of benzene rings is 3. The Morgan fingerprint density at radius 3 is 2.14 bits per heavy atom. The third kappa shape index (κ3) is 7.01. The highest BCUT2D eigenvalue weighted by Gasteiger charge is 2.29. The number of rotatable bonds is 10. The molecule has 1 aliphatic rings. The van der Waals surface area contributed by atoms with Crippen LogP contribution in [0.3, 0.4) is 0 Å². The van der Waals surface area contributed by atoms with Crippen LogP contribution in [0, 0.1) is 11.8 Å². The number of aromatic amines is 1. The van der Waals surface area contributed by atoms with Crippen molar-refractivity contribution >= 4 is 17.8 Å². The Labute approximate surface area is 251 Å². The van der Waals surface area contributed by atoms with Crippen LogP contribution in [0.4, 0.5) is 0 Å². The smallest absolute Gasteiger partial charge is 0.337 e. The van der Waals surface area contributed by atoms with Crippen molar-refractivity contribution in [3.8, 4) is 22.5 Å². The molecular formula is C34H37N5O4. The average Bonchev–Trinajstić information content (AvgIpc) is 3.50. The van der Waals surface area contributed by atoms with Gasteiger partial charge in [0.05, 0.1) is 30.1 Å². The van der Waals surface area contributed by atoms with E-state index in [4.69, 9.17) is 21.2 Å². The highest BCUT2D eigenvalue weighted by atomic mass is 16.5. The number of primary amides is 1. The fourth-order valence-electron chi connectivity index (χ4n) is 5.67. The van der Waals surface area contributed by atoms with Gasteiger partial charge >= 0.3 is 5.97 Å². The molecule has 1 fully saturated rings. The summed E-state index contributed by atoms with van der Waals surface area (Å²) in [6.45, 7) is 0.657. The van der Waals surface area contributed by atoms with Crippen LogP contribution in [0.2, 0.25) is 0 Å². The summed E-state index contributed by atoms with van der Waals surface area (Å²) >= 11 is 0. The minimum Gasteiger partial charge on any atom is -0.465 e. The maximum absolute atomic E-state index is 13.6. The molecule has 6 N–H and O–H groups in total. The number of nitrogens with two attached hydrogens (primary N) is 2. The summed E-state index contributed by atoms with van der Waals surface area (Å²) in [6.07, 6.45) is 4.09. The molecule has 1 aliphatic carbocycles. The molecule has 0 saturated heterocycles. The van der Waals surface area contributed by atoms with Crippen molar-refractivity contribution in [3.05, 3.63) is 101 Å². The first-order valence-corrected chi connectivity index (χ1v) is 14.6. The molecule has 0 bridgehead atoms. The van der Waals surface area contributed by atoms with Gasteiger partial charge in [-0.2, -0.15) is 0 Å². The Hall–Kier alpha value is -4.76. The highest BCUT2D eigenvalue weighted by Crippen LogP contribution is 2.34. The third-order valence-corrected chi connectivity index (χ3v) is 8.24. The lowest BCUT2D eigenvalue weighted by molar-refractivity contribution is -0.127. The van der Waals surface area contributed by atoms with E-state index in [2.05, 4.69) is 10.3 Å². The number of carbonyl (C=O) groups excluding carboxylic acids is 3. The number of hydrogen-bond donors (Lipinski definition) is 4. The molecule has 0 unspecified atom stereocenters. The van der Waals surface area contributed by atoms with Gasteiger partial charge in [-0.3, -0.25) is 9.59 Å². The molecule has 9 heteroatoms. The lowest BCUT2D eigenvalue weighted by atomic mass is 9.81. The summed E-state index contributed by atoms with van der Waals surface area (Å²) in [5, 5.41) is 3.30. The van der Waals surface area contributed by atoms with Crippen molar-refractivity contribution in [1.82, 2.24) is 15.3 Å². The number of nitrogens with zero attached hydrogens (tertiary/aromatic N) is 1. The van der Waals surface area contributed by atoms with Crippen molar-refractivity contribution < 1.29 is 19.1 Å². The monoisotopic (exact) mass is 579 g/mol. The quantitative estimate of drug-likeness (QED) is 0.198. The fraction of sp³-hybridized carbons (Fsp3) is 0.294. The van der Waals surface area contributed by atoms with Crippen LogP contribution in [-0.2, 0) is 16.0 Å². The highest BCUT2D eigenvalue weighted by molar-refractivity contribution is 5.94. The third-order valence-electron chi connectivity index (χ3n) is 8.24. The zero-order valence-corrected chi connectivity index (χ0v) is 24.2. The van der Waals surface area contributed by atoms with Gasteiger partial charge in [0.1, 0.15) is 5.82 Å². The molecule has 1 saturated carbocycles. The molecule has 0 radical (unpaired) electrons. The standard InChI is InChI=1S/C34H37N5O4/c1-43-34(42)27-17-13-24(14-18-27)30-29(23-11-15-25(16-12-23)31(36)40)38-32(39-30)28(19-21-5-3-2-4-6-21)37-33(41)26-9-7-22(20-35)8-10-26/h2-6,11-18,22,26,28H,7-10,19-20,35H2,1H3,(H2,36,40)(H,37,41)(H,38,39)/t22?,26?,28-/m0/s1. The second-order valence-electron chi connectivity index (χ2n) is 11.1. The molecule has 43 heavy (non-hydrogen) atoms. The number of amides is 2. The Balaban J connectivity index is 1.53. The van der Waals surface area contributed by atoms with E-state index in [0.29, 0.717) is 47.2 Å².